The molecule has 0 fully saturated rings. The van der Waals surface area contributed by atoms with E-state index >= 15 is 0 Å². The summed E-state index contributed by atoms with van der Waals surface area (Å²) >= 11 is 0. The first-order valence-electron chi connectivity index (χ1n) is 7.26. The second-order valence-electron chi connectivity index (χ2n) is 5.07. The summed E-state index contributed by atoms with van der Waals surface area (Å²) in [5, 5.41) is 9.80. The molecule has 0 saturated heterocycles. The number of aromatic amines is 1. The van der Waals surface area contributed by atoms with Crippen molar-refractivity contribution in [2.45, 2.75) is 64.1 Å². The van der Waals surface area contributed by atoms with Crippen LogP contribution < -0.4 is 10.0 Å². The highest BCUT2D eigenvalue weighted by Gasteiger charge is 2.22. The topological polar surface area (TPSA) is 86.9 Å². The van der Waals surface area contributed by atoms with E-state index in [1.54, 1.807) is 6.20 Å². The highest BCUT2D eigenvalue weighted by atomic mass is 32.2. The average molecular weight is 302 g/mol. The summed E-state index contributed by atoms with van der Waals surface area (Å²) in [6.45, 7) is 7.40. The molecule has 0 bridgehead atoms. The van der Waals surface area contributed by atoms with E-state index in [1.807, 2.05) is 6.92 Å². The lowest BCUT2D eigenvalue weighted by Gasteiger charge is -2.13. The molecule has 0 aliphatic rings. The molecule has 3 N–H and O–H groups in total. The maximum absolute atomic E-state index is 12.3. The summed E-state index contributed by atoms with van der Waals surface area (Å²) in [5.74, 6) is 0. The van der Waals surface area contributed by atoms with Crippen LogP contribution in [0.2, 0.25) is 0 Å². The van der Waals surface area contributed by atoms with Crippen molar-refractivity contribution in [2.24, 2.45) is 0 Å². The van der Waals surface area contributed by atoms with Crippen molar-refractivity contribution in [3.8, 4) is 0 Å². The number of nitrogens with one attached hydrogen (secondary N) is 3. The van der Waals surface area contributed by atoms with E-state index in [1.165, 1.54) is 0 Å². The molecule has 0 aliphatic carbocycles. The summed E-state index contributed by atoms with van der Waals surface area (Å²) < 4.78 is 27.3. The van der Waals surface area contributed by atoms with Crippen LogP contribution in [0.3, 0.4) is 0 Å². The van der Waals surface area contributed by atoms with Crippen LogP contribution >= 0.6 is 0 Å². The smallest absolute Gasteiger partial charge is 0.258 e. The Bertz CT molecular complexity index is 484. The summed E-state index contributed by atoms with van der Waals surface area (Å²) in [6.07, 6.45) is 5.48. The molecule has 0 aliphatic heterocycles. The molecule has 1 heterocycles. The molecule has 116 valence electrons. The fourth-order valence-corrected chi connectivity index (χ4v) is 3.36. The van der Waals surface area contributed by atoms with Gasteiger partial charge in [-0.25, -0.2) is 13.1 Å². The van der Waals surface area contributed by atoms with Crippen LogP contribution in [0.15, 0.2) is 11.2 Å². The average Bonchev–Trinajstić information content (AvgIpc) is 2.85. The quantitative estimate of drug-likeness (QED) is 0.575. The van der Waals surface area contributed by atoms with Gasteiger partial charge >= 0.3 is 0 Å². The molecule has 1 unspecified atom stereocenters. The minimum Gasteiger partial charge on any atom is -0.313 e. The Balaban J connectivity index is 2.69. The number of hydrogen-bond donors (Lipinski definition) is 3. The van der Waals surface area contributed by atoms with Gasteiger partial charge in [0.05, 0.1) is 6.20 Å². The summed E-state index contributed by atoms with van der Waals surface area (Å²) in [6, 6.07) is -0.0697. The maximum atomic E-state index is 12.3. The third kappa shape index (κ3) is 5.22. The second kappa shape index (κ2) is 8.39. The van der Waals surface area contributed by atoms with E-state index < -0.39 is 10.0 Å². The molecule has 1 aromatic rings. The minimum atomic E-state index is -3.52. The zero-order chi connectivity index (χ0) is 15.0. The molecule has 1 atom stereocenters. The Hall–Kier alpha value is -0.920. The number of hydrogen-bond acceptors (Lipinski definition) is 4. The Labute approximate surface area is 121 Å². The third-order valence-electron chi connectivity index (χ3n) is 3.04. The Morgan fingerprint density at radius 3 is 2.75 bits per heavy atom. The largest absolute Gasteiger partial charge is 0.313 e. The van der Waals surface area contributed by atoms with E-state index in [4.69, 9.17) is 0 Å². The lowest BCUT2D eigenvalue weighted by molar-refractivity contribution is 0.530. The monoisotopic (exact) mass is 302 g/mol. The molecule has 20 heavy (non-hydrogen) atoms. The number of aromatic nitrogens is 2. The third-order valence-corrected chi connectivity index (χ3v) is 4.64. The van der Waals surface area contributed by atoms with Crippen molar-refractivity contribution >= 4 is 10.0 Å². The second-order valence-corrected chi connectivity index (χ2v) is 6.72. The van der Waals surface area contributed by atoms with E-state index in [0.29, 0.717) is 12.1 Å². The van der Waals surface area contributed by atoms with Gasteiger partial charge < -0.3 is 5.32 Å². The van der Waals surface area contributed by atoms with Crippen LogP contribution in [0, 0.1) is 0 Å². The molecule has 6 nitrogen and oxygen atoms in total. The summed E-state index contributed by atoms with van der Waals surface area (Å²) in [4.78, 5) is 0. The molecule has 0 radical (unpaired) electrons. The van der Waals surface area contributed by atoms with Crippen LogP contribution in [0.1, 0.15) is 52.0 Å². The van der Waals surface area contributed by atoms with E-state index in [2.05, 4.69) is 34.1 Å². The van der Waals surface area contributed by atoms with Gasteiger partial charge in [0.15, 0.2) is 5.03 Å². The van der Waals surface area contributed by atoms with Gasteiger partial charge in [0.25, 0.3) is 10.0 Å². The highest BCUT2D eigenvalue weighted by molar-refractivity contribution is 7.89. The first kappa shape index (κ1) is 17.1. The molecule has 1 rings (SSSR count). The molecule has 0 spiro atoms. The van der Waals surface area contributed by atoms with Gasteiger partial charge in [-0.1, -0.05) is 26.7 Å². The Kier molecular flexibility index (Phi) is 7.18. The van der Waals surface area contributed by atoms with Crippen molar-refractivity contribution in [1.82, 2.24) is 20.2 Å². The summed E-state index contributed by atoms with van der Waals surface area (Å²) in [5.41, 5.74) is 0.675. The van der Waals surface area contributed by atoms with Gasteiger partial charge in [-0.15, -0.1) is 0 Å². The Morgan fingerprint density at radius 1 is 1.35 bits per heavy atom. The van der Waals surface area contributed by atoms with Gasteiger partial charge in [-0.2, -0.15) is 5.10 Å². The van der Waals surface area contributed by atoms with Crippen molar-refractivity contribution in [2.75, 3.05) is 6.54 Å². The molecular weight excluding hydrogens is 276 g/mol. The Morgan fingerprint density at radius 2 is 2.10 bits per heavy atom. The zero-order valence-electron chi connectivity index (χ0n) is 12.6. The van der Waals surface area contributed by atoms with Crippen LogP contribution in [0.5, 0.6) is 0 Å². The number of sulfonamides is 1. The number of H-pyrrole nitrogens is 1. The fourth-order valence-electron chi connectivity index (χ4n) is 1.95. The minimum absolute atomic E-state index is 0.0697. The van der Waals surface area contributed by atoms with E-state index in [9.17, 15) is 8.42 Å². The van der Waals surface area contributed by atoms with Crippen LogP contribution in [-0.2, 0) is 16.6 Å². The van der Waals surface area contributed by atoms with Crippen LogP contribution in [-0.4, -0.2) is 31.2 Å². The number of rotatable bonds is 10. The zero-order valence-corrected chi connectivity index (χ0v) is 13.4. The van der Waals surface area contributed by atoms with Crippen molar-refractivity contribution in [3.63, 3.8) is 0 Å². The fraction of sp³-hybridized carbons (Fsp3) is 0.769. The highest BCUT2D eigenvalue weighted by Crippen LogP contribution is 2.13. The SMILES string of the molecule is CCCCC(C)NS(=O)(=O)c1[nH]ncc1CNCCC. The van der Waals surface area contributed by atoms with Crippen LogP contribution in [0.4, 0.5) is 0 Å². The predicted molar refractivity (Wildman–Crippen MR) is 79.9 cm³/mol. The van der Waals surface area contributed by atoms with Gasteiger partial charge in [-0.3, -0.25) is 5.10 Å². The number of nitrogens with zero attached hydrogens (tertiary/aromatic N) is 1. The standard InChI is InChI=1S/C13H26N4O2S/c1-4-6-7-11(3)17-20(18,19)13-12(10-15-16-13)9-14-8-5-2/h10-11,14,17H,4-9H2,1-3H3,(H,15,16). The van der Waals surface area contributed by atoms with Crippen LogP contribution in [0.25, 0.3) is 0 Å². The molecule has 1 aromatic heterocycles. The van der Waals surface area contributed by atoms with Gasteiger partial charge in [0, 0.05) is 18.2 Å². The summed E-state index contributed by atoms with van der Waals surface area (Å²) in [7, 11) is -3.52. The normalized spacial score (nSPS) is 13.6. The lowest BCUT2D eigenvalue weighted by Crippen LogP contribution is -2.33. The van der Waals surface area contributed by atoms with E-state index in [0.717, 1.165) is 32.2 Å². The van der Waals surface area contributed by atoms with E-state index in [-0.39, 0.29) is 11.1 Å². The molecular formula is C13H26N4O2S. The lowest BCUT2D eigenvalue weighted by atomic mass is 10.2. The number of unbranched alkanes of at least 4 members (excludes halogenated alkanes) is 1. The van der Waals surface area contributed by atoms with Gasteiger partial charge in [0.1, 0.15) is 0 Å². The first-order valence-corrected chi connectivity index (χ1v) is 8.74. The van der Waals surface area contributed by atoms with Gasteiger partial charge in [-0.05, 0) is 26.3 Å². The van der Waals surface area contributed by atoms with Crippen molar-refractivity contribution in [1.29, 1.82) is 0 Å². The van der Waals surface area contributed by atoms with Crippen molar-refractivity contribution < 1.29 is 8.42 Å². The first-order chi connectivity index (χ1) is 9.51. The van der Waals surface area contributed by atoms with Crippen molar-refractivity contribution in [3.05, 3.63) is 11.8 Å². The predicted octanol–water partition coefficient (Wildman–Crippen LogP) is 1.77. The molecule has 0 aromatic carbocycles. The maximum Gasteiger partial charge on any atom is 0.258 e. The molecule has 7 heteroatoms. The van der Waals surface area contributed by atoms with Gasteiger partial charge in [0.2, 0.25) is 0 Å². The molecule has 0 saturated carbocycles. The molecule has 0 amide bonds.